The van der Waals surface area contributed by atoms with Gasteiger partial charge in [-0.1, -0.05) is 13.8 Å². The summed E-state index contributed by atoms with van der Waals surface area (Å²) in [6.07, 6.45) is 0. The molecule has 0 aliphatic rings. The van der Waals surface area contributed by atoms with Crippen molar-refractivity contribution in [3.05, 3.63) is 0 Å². The lowest BCUT2D eigenvalue weighted by Gasteiger charge is -2.12. The lowest BCUT2D eigenvalue weighted by atomic mass is 9.70. The second kappa shape index (κ2) is 3.51. The summed E-state index contributed by atoms with van der Waals surface area (Å²) in [6, 6.07) is 0. The maximum absolute atomic E-state index is 10.5. The van der Waals surface area contributed by atoms with Crippen molar-refractivity contribution in [3.8, 4) is 0 Å². The summed E-state index contributed by atoms with van der Waals surface area (Å²) < 4.78 is 0. The van der Waals surface area contributed by atoms with E-state index in [0.717, 1.165) is 0 Å². The Kier molecular flexibility index (Phi) is 3.31. The van der Waals surface area contributed by atoms with Gasteiger partial charge in [-0.3, -0.25) is 4.79 Å². The van der Waals surface area contributed by atoms with Crippen molar-refractivity contribution < 1.29 is 4.79 Å². The van der Waals surface area contributed by atoms with Gasteiger partial charge in [0.2, 0.25) is 13.3 Å². The molecule has 1 amide bonds. The third-order valence-electron chi connectivity index (χ3n) is 1.42. The molecule has 0 aromatic rings. The Hall–Kier alpha value is -0.505. The number of nitrogens with two attached hydrogens (primary N) is 2. The van der Waals surface area contributed by atoms with Crippen LogP contribution in [0.5, 0.6) is 0 Å². The van der Waals surface area contributed by atoms with Crippen LogP contribution < -0.4 is 11.4 Å². The molecule has 0 aliphatic carbocycles. The lowest BCUT2D eigenvalue weighted by Crippen LogP contribution is -2.31. The molecule has 0 aromatic carbocycles. The molecular weight excluding hydrogens is 115 g/mol. The molecule has 1 unspecified atom stereocenters. The van der Waals surface area contributed by atoms with E-state index in [1.54, 1.807) is 0 Å². The first-order valence-electron chi connectivity index (χ1n) is 3.09. The van der Waals surface area contributed by atoms with Gasteiger partial charge in [0.15, 0.2) is 0 Å². The van der Waals surface area contributed by atoms with Crippen LogP contribution in [-0.2, 0) is 4.79 Å². The third-order valence-corrected chi connectivity index (χ3v) is 1.42. The van der Waals surface area contributed by atoms with Crippen LogP contribution in [-0.4, -0.2) is 13.3 Å². The quantitative estimate of drug-likeness (QED) is 0.489. The maximum atomic E-state index is 10.5. The molecule has 0 aliphatic heterocycles. The predicted molar refractivity (Wildman–Crippen MR) is 39.1 cm³/mol. The van der Waals surface area contributed by atoms with E-state index < -0.39 is 0 Å². The van der Waals surface area contributed by atoms with Crippen molar-refractivity contribution in [3.63, 3.8) is 0 Å². The van der Waals surface area contributed by atoms with E-state index in [4.69, 9.17) is 11.4 Å². The molecule has 3 nitrogen and oxygen atoms in total. The van der Waals surface area contributed by atoms with E-state index in [2.05, 4.69) is 0 Å². The predicted octanol–water partition coefficient (Wildman–Crippen LogP) is -0.774. The van der Waals surface area contributed by atoms with Crippen molar-refractivity contribution in [2.45, 2.75) is 19.7 Å². The number of carbonyl (C=O) groups excluding carboxylic acids is 1. The maximum Gasteiger partial charge on any atom is 0.214 e. The summed E-state index contributed by atoms with van der Waals surface area (Å²) in [6.45, 7) is 3.87. The van der Waals surface area contributed by atoms with Crippen LogP contribution in [0.1, 0.15) is 13.8 Å². The van der Waals surface area contributed by atoms with Gasteiger partial charge in [-0.05, 0) is 5.92 Å². The number of rotatable bonds is 3. The molecule has 0 aromatic heterocycles. The Morgan fingerprint density at radius 1 is 1.56 bits per heavy atom. The minimum Gasteiger partial charge on any atom is -0.372 e. The Bertz CT molecular complexity index is 105. The van der Waals surface area contributed by atoms with Crippen LogP contribution in [0.4, 0.5) is 0 Å². The fourth-order valence-corrected chi connectivity index (χ4v) is 0.717. The second-order valence-corrected chi connectivity index (χ2v) is 2.49. The Labute approximate surface area is 56.1 Å². The van der Waals surface area contributed by atoms with Gasteiger partial charge >= 0.3 is 0 Å². The molecule has 0 radical (unpaired) electrons. The third kappa shape index (κ3) is 2.51. The highest BCUT2D eigenvalue weighted by atomic mass is 16.1. The molecule has 52 valence electrons. The lowest BCUT2D eigenvalue weighted by molar-refractivity contribution is -0.118. The summed E-state index contributed by atoms with van der Waals surface area (Å²) >= 11 is 0. The normalized spacial score (nSPS) is 13.3. The molecule has 0 fully saturated rings. The SMILES string of the molecule is CC(C)C(BN)C(N)=O. The highest BCUT2D eigenvalue weighted by Crippen LogP contribution is 2.12. The first-order valence-corrected chi connectivity index (χ1v) is 3.09. The molecule has 9 heavy (non-hydrogen) atoms. The van der Waals surface area contributed by atoms with Crippen LogP contribution >= 0.6 is 0 Å². The zero-order chi connectivity index (χ0) is 7.44. The summed E-state index contributed by atoms with van der Waals surface area (Å²) in [5, 5.41) is 0. The molecule has 0 saturated heterocycles. The van der Waals surface area contributed by atoms with E-state index in [1.807, 2.05) is 13.8 Å². The Morgan fingerprint density at radius 2 is 2.00 bits per heavy atom. The molecule has 0 spiro atoms. The topological polar surface area (TPSA) is 69.1 Å². The van der Waals surface area contributed by atoms with Crippen LogP contribution in [0.15, 0.2) is 0 Å². The molecule has 1 atom stereocenters. The number of hydrogen-bond donors (Lipinski definition) is 2. The fraction of sp³-hybridized carbons (Fsp3) is 0.800. The second-order valence-electron chi connectivity index (χ2n) is 2.49. The van der Waals surface area contributed by atoms with Gasteiger partial charge in [0.1, 0.15) is 0 Å². The number of carbonyl (C=O) groups is 1. The molecule has 0 bridgehead atoms. The van der Waals surface area contributed by atoms with Gasteiger partial charge in [-0.2, -0.15) is 0 Å². The standard InChI is InChI=1S/C5H13BN2O/c1-3(2)4(6-8)5(7)9/h3-4,6H,8H2,1-2H3,(H2,7,9). The van der Waals surface area contributed by atoms with E-state index in [0.29, 0.717) is 7.41 Å². The molecule has 4 heteroatoms. The highest BCUT2D eigenvalue weighted by molar-refractivity contribution is 6.40. The average Bonchev–Trinajstić information content (AvgIpc) is 1.64. The van der Waals surface area contributed by atoms with Crippen LogP contribution in [0, 0.1) is 5.92 Å². The number of amides is 1. The first kappa shape index (κ1) is 8.49. The number of primary amides is 1. The van der Waals surface area contributed by atoms with Crippen LogP contribution in [0.2, 0.25) is 5.82 Å². The first-order chi connectivity index (χ1) is 4.09. The summed E-state index contributed by atoms with van der Waals surface area (Å²) in [4.78, 5) is 10.5. The largest absolute Gasteiger partial charge is 0.372 e. The zero-order valence-corrected chi connectivity index (χ0v) is 5.92. The molecular formula is C5H13BN2O. The van der Waals surface area contributed by atoms with Gasteiger partial charge in [-0.15, -0.1) is 0 Å². The molecule has 4 N–H and O–H groups in total. The van der Waals surface area contributed by atoms with Crippen LogP contribution in [0.25, 0.3) is 0 Å². The van der Waals surface area contributed by atoms with E-state index in [-0.39, 0.29) is 17.6 Å². The van der Waals surface area contributed by atoms with Gasteiger partial charge in [0.25, 0.3) is 0 Å². The average molecular weight is 128 g/mol. The van der Waals surface area contributed by atoms with Gasteiger partial charge < -0.3 is 11.4 Å². The van der Waals surface area contributed by atoms with Crippen molar-refractivity contribution in [1.29, 1.82) is 0 Å². The van der Waals surface area contributed by atoms with Crippen molar-refractivity contribution in [2.24, 2.45) is 17.3 Å². The highest BCUT2D eigenvalue weighted by Gasteiger charge is 2.17. The molecule has 0 heterocycles. The minimum absolute atomic E-state index is 0.162. The van der Waals surface area contributed by atoms with Gasteiger partial charge in [-0.25, -0.2) is 0 Å². The minimum atomic E-state index is -0.299. The van der Waals surface area contributed by atoms with Crippen molar-refractivity contribution in [1.82, 2.24) is 0 Å². The summed E-state index contributed by atoms with van der Waals surface area (Å²) in [7, 11) is 0.354. The molecule has 0 saturated carbocycles. The van der Waals surface area contributed by atoms with Crippen LogP contribution in [0.3, 0.4) is 0 Å². The zero-order valence-electron chi connectivity index (χ0n) is 5.92. The van der Waals surface area contributed by atoms with E-state index >= 15 is 0 Å². The fourth-order valence-electron chi connectivity index (χ4n) is 0.717. The number of hydrogen-bond acceptors (Lipinski definition) is 2. The molecule has 0 rings (SSSR count). The van der Waals surface area contributed by atoms with E-state index in [9.17, 15) is 4.79 Å². The van der Waals surface area contributed by atoms with Gasteiger partial charge in [0.05, 0.1) is 0 Å². The van der Waals surface area contributed by atoms with E-state index in [1.165, 1.54) is 0 Å². The van der Waals surface area contributed by atoms with Gasteiger partial charge in [0, 0.05) is 5.82 Å². The monoisotopic (exact) mass is 128 g/mol. The summed E-state index contributed by atoms with van der Waals surface area (Å²) in [5.74, 6) is -0.204. The van der Waals surface area contributed by atoms with Crippen molar-refractivity contribution >= 4 is 13.3 Å². The summed E-state index contributed by atoms with van der Waals surface area (Å²) in [5.41, 5.74) is 10.3. The Balaban J connectivity index is 3.83. The van der Waals surface area contributed by atoms with Crippen molar-refractivity contribution in [2.75, 3.05) is 0 Å². The smallest absolute Gasteiger partial charge is 0.214 e. The Morgan fingerprint density at radius 3 is 2.00 bits per heavy atom.